The largest absolute Gasteiger partial charge is 0.378 e. The Balaban J connectivity index is 1.50. The van der Waals surface area contributed by atoms with Gasteiger partial charge in [0.2, 0.25) is 0 Å². The molecule has 0 atom stereocenters. The van der Waals surface area contributed by atoms with Crippen molar-refractivity contribution in [2.45, 2.75) is 18.4 Å². The quantitative estimate of drug-likeness (QED) is 0.382. The van der Waals surface area contributed by atoms with E-state index in [4.69, 9.17) is 0 Å². The number of carbonyl (C=O) groups is 1. The first-order valence-corrected chi connectivity index (χ1v) is 13.4. The Morgan fingerprint density at radius 3 is 2.19 bits per heavy atom. The minimum atomic E-state index is -3.42. The molecule has 1 amide bonds. The summed E-state index contributed by atoms with van der Waals surface area (Å²) >= 11 is 0. The smallest absolute Gasteiger partial charge is 0.251 e. The number of sulfone groups is 1. The van der Waals surface area contributed by atoms with Crippen LogP contribution in [0.4, 0.5) is 5.69 Å². The number of aromatic nitrogens is 1. The van der Waals surface area contributed by atoms with Gasteiger partial charge in [-0.15, -0.1) is 0 Å². The van der Waals surface area contributed by atoms with Crippen LogP contribution >= 0.6 is 0 Å². The molecule has 0 fully saturated rings. The van der Waals surface area contributed by atoms with Crippen LogP contribution in [-0.4, -0.2) is 39.7 Å². The molecule has 1 N–H and O–H groups in total. The topological polar surface area (TPSA) is 79.4 Å². The first-order valence-electron chi connectivity index (χ1n) is 11.5. The number of pyridine rings is 1. The molecule has 0 saturated carbocycles. The number of nitrogens with one attached hydrogen (secondary N) is 1. The summed E-state index contributed by atoms with van der Waals surface area (Å²) in [7, 11) is 0.624. The normalized spacial score (nSPS) is 11.2. The van der Waals surface area contributed by atoms with Crippen LogP contribution in [0.3, 0.4) is 0 Å². The van der Waals surface area contributed by atoms with E-state index in [1.807, 2.05) is 32.3 Å². The Morgan fingerprint density at radius 2 is 1.53 bits per heavy atom. The summed E-state index contributed by atoms with van der Waals surface area (Å²) in [5.41, 5.74) is 7.06. The maximum Gasteiger partial charge on any atom is 0.251 e. The molecule has 184 valence electrons. The second-order valence-corrected chi connectivity index (χ2v) is 11.0. The maximum atomic E-state index is 12.7. The minimum absolute atomic E-state index is 0.159. The average molecular weight is 500 g/mol. The molecule has 0 saturated heterocycles. The van der Waals surface area contributed by atoms with Gasteiger partial charge in [0.25, 0.3) is 5.91 Å². The fraction of sp³-hybridized carbons (Fsp3) is 0.172. The van der Waals surface area contributed by atoms with E-state index in [0.29, 0.717) is 16.8 Å². The van der Waals surface area contributed by atoms with E-state index in [1.54, 1.807) is 25.3 Å². The SMILES string of the molecule is Cc1ccc(C(=O)NCc2cc(-c3cccc(-c4ccc(N(C)C)cc4)c3)ccn2)cc1S(C)(=O)=O. The molecule has 7 heteroatoms. The lowest BCUT2D eigenvalue weighted by Crippen LogP contribution is -2.23. The summed E-state index contributed by atoms with van der Waals surface area (Å²) in [4.78, 5) is 19.3. The molecule has 0 unspecified atom stereocenters. The number of amides is 1. The number of anilines is 1. The number of hydrogen-bond acceptors (Lipinski definition) is 5. The highest BCUT2D eigenvalue weighted by atomic mass is 32.2. The Kier molecular flexibility index (Phi) is 7.22. The number of nitrogens with zero attached hydrogens (tertiary/aromatic N) is 2. The van der Waals surface area contributed by atoms with Gasteiger partial charge in [0.15, 0.2) is 9.84 Å². The van der Waals surface area contributed by atoms with Gasteiger partial charge in [-0.2, -0.15) is 0 Å². The fourth-order valence-electron chi connectivity index (χ4n) is 4.00. The Morgan fingerprint density at radius 1 is 0.861 bits per heavy atom. The van der Waals surface area contributed by atoms with Crippen molar-refractivity contribution in [1.29, 1.82) is 0 Å². The fourth-order valence-corrected chi connectivity index (χ4v) is 4.99. The lowest BCUT2D eigenvalue weighted by molar-refractivity contribution is 0.0950. The summed E-state index contributed by atoms with van der Waals surface area (Å²) in [6.45, 7) is 1.93. The van der Waals surface area contributed by atoms with Gasteiger partial charge in [-0.25, -0.2) is 8.42 Å². The van der Waals surface area contributed by atoms with Crippen molar-refractivity contribution >= 4 is 21.4 Å². The monoisotopic (exact) mass is 499 g/mol. The lowest BCUT2D eigenvalue weighted by atomic mass is 9.99. The van der Waals surface area contributed by atoms with Crippen LogP contribution in [0.2, 0.25) is 0 Å². The molecule has 3 aromatic carbocycles. The molecule has 0 aliphatic rings. The molecule has 0 aliphatic carbocycles. The highest BCUT2D eigenvalue weighted by Crippen LogP contribution is 2.28. The van der Waals surface area contributed by atoms with E-state index in [0.717, 1.165) is 34.2 Å². The number of benzene rings is 3. The molecular formula is C29H29N3O3S. The average Bonchev–Trinajstić information content (AvgIpc) is 2.87. The van der Waals surface area contributed by atoms with E-state index < -0.39 is 9.84 Å². The van der Waals surface area contributed by atoms with Crippen molar-refractivity contribution in [3.63, 3.8) is 0 Å². The van der Waals surface area contributed by atoms with Crippen molar-refractivity contribution in [2.75, 3.05) is 25.3 Å². The van der Waals surface area contributed by atoms with Gasteiger partial charge >= 0.3 is 0 Å². The number of carbonyl (C=O) groups excluding carboxylic acids is 1. The van der Waals surface area contributed by atoms with Gasteiger partial charge in [-0.3, -0.25) is 9.78 Å². The van der Waals surface area contributed by atoms with Crippen molar-refractivity contribution in [3.8, 4) is 22.3 Å². The van der Waals surface area contributed by atoms with Crippen molar-refractivity contribution in [1.82, 2.24) is 10.3 Å². The molecule has 0 radical (unpaired) electrons. The third-order valence-electron chi connectivity index (χ3n) is 6.01. The van der Waals surface area contributed by atoms with Crippen LogP contribution in [0.25, 0.3) is 22.3 Å². The van der Waals surface area contributed by atoms with Crippen LogP contribution in [0.15, 0.2) is 90.0 Å². The van der Waals surface area contributed by atoms with E-state index in [9.17, 15) is 13.2 Å². The van der Waals surface area contributed by atoms with E-state index in [-0.39, 0.29) is 17.3 Å². The van der Waals surface area contributed by atoms with Gasteiger partial charge in [-0.05, 0) is 77.2 Å². The molecule has 0 spiro atoms. The van der Waals surface area contributed by atoms with Gasteiger partial charge in [-0.1, -0.05) is 36.4 Å². The number of rotatable bonds is 7. The predicted octanol–water partition coefficient (Wildman–Crippen LogP) is 5.12. The summed E-state index contributed by atoms with van der Waals surface area (Å²) < 4.78 is 24.0. The van der Waals surface area contributed by atoms with Crippen molar-refractivity contribution in [3.05, 3.63) is 102 Å². The van der Waals surface area contributed by atoms with Crippen molar-refractivity contribution < 1.29 is 13.2 Å². The third-order valence-corrected chi connectivity index (χ3v) is 7.25. The zero-order valence-electron chi connectivity index (χ0n) is 20.8. The van der Waals surface area contributed by atoms with Gasteiger partial charge in [0.05, 0.1) is 17.1 Å². The lowest BCUT2D eigenvalue weighted by Gasteiger charge is -2.13. The Hall–Kier alpha value is -3.97. The van der Waals surface area contributed by atoms with Gasteiger partial charge in [0, 0.05) is 37.8 Å². The molecule has 4 aromatic rings. The van der Waals surface area contributed by atoms with E-state index in [2.05, 4.69) is 57.7 Å². The molecule has 0 aliphatic heterocycles. The highest BCUT2D eigenvalue weighted by molar-refractivity contribution is 7.90. The minimum Gasteiger partial charge on any atom is -0.378 e. The standard InChI is InChI=1S/C29H29N3O3S/c1-20-8-9-25(18-28(20)36(4,34)35)29(33)31-19-26-17-24(14-15-30-26)23-7-5-6-22(16-23)21-10-12-27(13-11-21)32(2)3/h5-18H,19H2,1-4H3,(H,31,33). The summed E-state index contributed by atoms with van der Waals surface area (Å²) in [6.07, 6.45) is 2.86. The number of hydrogen-bond donors (Lipinski definition) is 1. The molecule has 6 nitrogen and oxygen atoms in total. The van der Waals surface area contributed by atoms with Crippen molar-refractivity contribution in [2.24, 2.45) is 0 Å². The molecule has 1 heterocycles. The molecule has 0 bridgehead atoms. The maximum absolute atomic E-state index is 12.7. The predicted molar refractivity (Wildman–Crippen MR) is 145 cm³/mol. The van der Waals surface area contributed by atoms with Gasteiger partial charge in [0.1, 0.15) is 0 Å². The van der Waals surface area contributed by atoms with Crippen LogP contribution < -0.4 is 10.2 Å². The highest BCUT2D eigenvalue weighted by Gasteiger charge is 2.15. The second kappa shape index (κ2) is 10.3. The Bertz CT molecular complexity index is 1510. The van der Waals surface area contributed by atoms with Crippen LogP contribution in [-0.2, 0) is 16.4 Å². The molecular weight excluding hydrogens is 470 g/mol. The summed E-state index contributed by atoms with van der Waals surface area (Å²) in [5.74, 6) is -0.352. The van der Waals surface area contributed by atoms with Crippen LogP contribution in [0.5, 0.6) is 0 Å². The van der Waals surface area contributed by atoms with Crippen LogP contribution in [0, 0.1) is 6.92 Å². The summed E-state index contributed by atoms with van der Waals surface area (Å²) in [5, 5.41) is 2.84. The zero-order chi connectivity index (χ0) is 25.9. The van der Waals surface area contributed by atoms with E-state index in [1.165, 1.54) is 6.07 Å². The van der Waals surface area contributed by atoms with Crippen LogP contribution in [0.1, 0.15) is 21.6 Å². The Labute approximate surface area is 212 Å². The van der Waals surface area contributed by atoms with E-state index >= 15 is 0 Å². The summed E-state index contributed by atoms with van der Waals surface area (Å²) in [6, 6.07) is 25.3. The molecule has 4 rings (SSSR count). The molecule has 1 aromatic heterocycles. The number of aryl methyl sites for hydroxylation is 1. The third kappa shape index (κ3) is 5.80. The first-order chi connectivity index (χ1) is 17.1. The zero-order valence-corrected chi connectivity index (χ0v) is 21.6. The molecule has 36 heavy (non-hydrogen) atoms. The van der Waals surface area contributed by atoms with Gasteiger partial charge < -0.3 is 10.2 Å². The second-order valence-electron chi connectivity index (χ2n) is 8.99. The first kappa shape index (κ1) is 25.1.